The van der Waals surface area contributed by atoms with Crippen molar-refractivity contribution in [3.63, 3.8) is 0 Å². The Balaban J connectivity index is 2.19. The molecule has 1 fully saturated rings. The third-order valence-electron chi connectivity index (χ3n) is 8.67. The van der Waals surface area contributed by atoms with Gasteiger partial charge < -0.3 is 46.5 Å². The Bertz CT molecular complexity index is 1410. The second kappa shape index (κ2) is 21.2. The van der Waals surface area contributed by atoms with Gasteiger partial charge in [0, 0.05) is 44.6 Å². The lowest BCUT2D eigenvalue weighted by molar-refractivity contribution is -0.138. The topological polar surface area (TPSA) is 301 Å². The SMILES string of the molecule is CC(=O)N1CCC[C@H]1C(=O)N[C@@H](CC(C)C)C(=O)C[C@@H](Cc1cnc[nH]1)C(=O)N[C@@H](CO)C(=O)C[C@H](C(N)=O)[C@@H](C)OP(=O)(O)OCC[C@H](O)CO. The second-order valence-electron chi connectivity index (χ2n) is 13.4. The van der Waals surface area contributed by atoms with Crippen LogP contribution >= 0.6 is 7.82 Å². The van der Waals surface area contributed by atoms with Crippen LogP contribution in [-0.4, -0.2) is 127 Å². The Morgan fingerprint density at radius 3 is 2.31 bits per heavy atom. The molecule has 1 saturated heterocycles. The molecule has 8 atom stereocenters. The number of H-pyrrole nitrogens is 1. The molecular formula is C32H53N6O13P. The molecule has 0 saturated carbocycles. The molecular weight excluding hydrogens is 707 g/mol. The molecule has 2 rings (SSSR count). The van der Waals surface area contributed by atoms with Gasteiger partial charge in [-0.05, 0) is 38.5 Å². The highest BCUT2D eigenvalue weighted by atomic mass is 31.2. The van der Waals surface area contributed by atoms with Gasteiger partial charge in [0.05, 0.1) is 56.2 Å². The minimum atomic E-state index is -4.82. The van der Waals surface area contributed by atoms with Crippen LogP contribution in [0, 0.1) is 17.8 Å². The van der Waals surface area contributed by atoms with Gasteiger partial charge in [0.2, 0.25) is 23.6 Å². The maximum atomic E-state index is 13.7. The van der Waals surface area contributed by atoms with Gasteiger partial charge in [0.15, 0.2) is 11.6 Å². The minimum absolute atomic E-state index is 0.0342. The molecule has 294 valence electrons. The van der Waals surface area contributed by atoms with Crippen LogP contribution in [-0.2, 0) is 48.8 Å². The van der Waals surface area contributed by atoms with Crippen molar-refractivity contribution in [2.45, 2.75) is 103 Å². The molecule has 1 aliphatic heterocycles. The molecule has 1 aromatic heterocycles. The van der Waals surface area contributed by atoms with Crippen molar-refractivity contribution in [3.8, 4) is 0 Å². The fourth-order valence-corrected chi connectivity index (χ4v) is 6.78. The number of primary amides is 1. The summed E-state index contributed by atoms with van der Waals surface area (Å²) in [5.74, 6) is -6.63. The van der Waals surface area contributed by atoms with Crippen LogP contribution in [0.2, 0.25) is 0 Å². The quantitative estimate of drug-likeness (QED) is 0.0579. The Kier molecular flexibility index (Phi) is 18.2. The number of nitrogens with one attached hydrogen (secondary N) is 3. The van der Waals surface area contributed by atoms with Crippen LogP contribution in [0.4, 0.5) is 0 Å². The number of rotatable bonds is 24. The first-order valence-electron chi connectivity index (χ1n) is 17.1. The number of aliphatic hydroxyl groups is 3. The molecule has 0 spiro atoms. The lowest BCUT2D eigenvalue weighted by atomic mass is 9.89. The van der Waals surface area contributed by atoms with Gasteiger partial charge in [0.25, 0.3) is 0 Å². The van der Waals surface area contributed by atoms with Crippen molar-refractivity contribution >= 4 is 43.0 Å². The Hall–Kier alpha value is -3.58. The number of carbonyl (C=O) groups excluding carboxylic acids is 6. The maximum Gasteiger partial charge on any atom is 0.472 e. The summed E-state index contributed by atoms with van der Waals surface area (Å²) in [5, 5.41) is 33.5. The van der Waals surface area contributed by atoms with E-state index < -0.39 is 106 Å². The highest BCUT2D eigenvalue weighted by Gasteiger charge is 2.38. The zero-order valence-electron chi connectivity index (χ0n) is 29.9. The van der Waals surface area contributed by atoms with Crippen LogP contribution in [0.1, 0.15) is 71.9 Å². The molecule has 1 unspecified atom stereocenters. The molecule has 1 aliphatic rings. The first kappa shape index (κ1) is 44.6. The summed E-state index contributed by atoms with van der Waals surface area (Å²) in [5.41, 5.74) is 5.93. The maximum absolute atomic E-state index is 13.7. The number of phosphoric acid groups is 1. The van der Waals surface area contributed by atoms with E-state index in [0.29, 0.717) is 25.1 Å². The third-order valence-corrected chi connectivity index (χ3v) is 9.78. The van der Waals surface area contributed by atoms with Crippen LogP contribution in [0.5, 0.6) is 0 Å². The van der Waals surface area contributed by atoms with Crippen molar-refractivity contribution < 1.29 is 62.6 Å². The van der Waals surface area contributed by atoms with Crippen molar-refractivity contribution in [2.75, 3.05) is 26.4 Å². The fourth-order valence-electron chi connectivity index (χ4n) is 5.81. The van der Waals surface area contributed by atoms with Crippen LogP contribution in [0.15, 0.2) is 12.5 Å². The smallest absolute Gasteiger partial charge is 0.394 e. The summed E-state index contributed by atoms with van der Waals surface area (Å²) in [7, 11) is -4.82. The predicted octanol–water partition coefficient (Wildman–Crippen LogP) is -1.13. The predicted molar refractivity (Wildman–Crippen MR) is 183 cm³/mol. The van der Waals surface area contributed by atoms with Crippen molar-refractivity contribution in [3.05, 3.63) is 18.2 Å². The highest BCUT2D eigenvalue weighted by molar-refractivity contribution is 7.47. The molecule has 9 N–H and O–H groups in total. The number of phosphoric ester groups is 1. The summed E-state index contributed by atoms with van der Waals surface area (Å²) >= 11 is 0. The lowest BCUT2D eigenvalue weighted by Crippen LogP contribution is -2.52. The number of nitrogens with zero attached hydrogens (tertiary/aromatic N) is 2. The van der Waals surface area contributed by atoms with Crippen molar-refractivity contribution in [1.82, 2.24) is 25.5 Å². The van der Waals surface area contributed by atoms with E-state index in [1.54, 1.807) is 0 Å². The van der Waals surface area contributed by atoms with Gasteiger partial charge in [-0.2, -0.15) is 0 Å². The number of aromatic amines is 1. The average Bonchev–Trinajstić information content (AvgIpc) is 3.77. The zero-order valence-corrected chi connectivity index (χ0v) is 30.8. The van der Waals surface area contributed by atoms with E-state index in [4.69, 9.17) is 19.9 Å². The van der Waals surface area contributed by atoms with E-state index in [2.05, 4.69) is 20.6 Å². The second-order valence-corrected chi connectivity index (χ2v) is 14.8. The van der Waals surface area contributed by atoms with E-state index in [1.807, 2.05) is 13.8 Å². The summed E-state index contributed by atoms with van der Waals surface area (Å²) in [6.45, 7) is 4.70. The number of Topliss-reactive ketones (excluding diaryl/α,β-unsaturated/α-hetero) is 2. The largest absolute Gasteiger partial charge is 0.472 e. The monoisotopic (exact) mass is 760 g/mol. The Morgan fingerprint density at radius 1 is 1.08 bits per heavy atom. The number of aliphatic hydroxyl groups excluding tert-OH is 3. The number of nitrogens with two attached hydrogens (primary N) is 1. The molecule has 4 amide bonds. The third kappa shape index (κ3) is 14.4. The zero-order chi connectivity index (χ0) is 39.2. The normalized spacial score (nSPS) is 19.2. The molecule has 1 aromatic rings. The van der Waals surface area contributed by atoms with Crippen molar-refractivity contribution in [1.29, 1.82) is 0 Å². The lowest BCUT2D eigenvalue weighted by Gasteiger charge is -2.27. The standard InChI is InChI=1S/C32H53N6O13P/c1-18(2)10-25(36-32(47)27-6-5-8-38(27)20(4)41)28(43)12-21(11-22-14-34-17-35-22)31(46)37-26(16-40)29(44)13-24(30(33)45)19(3)51-52(48,49)50-9-7-23(42)15-39/h14,17-19,21,23-27,39-40,42H,5-13,15-16H2,1-4H3,(H2,33,45)(H,34,35)(H,36,47)(H,37,46)(H,48,49)/t19-,21-,23+,24+,25+,26+,27+/m1/s1. The van der Waals surface area contributed by atoms with E-state index in [-0.39, 0.29) is 37.5 Å². The number of hydrogen-bond donors (Lipinski definition) is 8. The number of imidazole rings is 1. The number of carbonyl (C=O) groups is 6. The van der Waals surface area contributed by atoms with Gasteiger partial charge in [0.1, 0.15) is 12.1 Å². The van der Waals surface area contributed by atoms with E-state index in [1.165, 1.54) is 31.3 Å². The van der Waals surface area contributed by atoms with Crippen molar-refractivity contribution in [2.24, 2.45) is 23.5 Å². The fraction of sp³-hybridized carbons (Fsp3) is 0.719. The number of aromatic nitrogens is 2. The number of amides is 4. The molecule has 0 aromatic carbocycles. The first-order chi connectivity index (χ1) is 24.4. The molecule has 20 heteroatoms. The summed E-state index contributed by atoms with van der Waals surface area (Å²) in [4.78, 5) is 96.5. The Morgan fingerprint density at radius 2 is 1.75 bits per heavy atom. The van der Waals surface area contributed by atoms with Crippen LogP contribution in [0.25, 0.3) is 0 Å². The number of hydrogen-bond acceptors (Lipinski definition) is 13. The molecule has 0 aliphatic carbocycles. The number of likely N-dealkylation sites (tertiary alicyclic amines) is 1. The average molecular weight is 761 g/mol. The van der Waals surface area contributed by atoms with Crippen LogP contribution in [0.3, 0.4) is 0 Å². The van der Waals surface area contributed by atoms with E-state index in [0.717, 1.165) is 0 Å². The molecule has 0 bridgehead atoms. The summed E-state index contributed by atoms with van der Waals surface area (Å²) in [6, 6.07) is -3.29. The van der Waals surface area contributed by atoms with Gasteiger partial charge in [-0.1, -0.05) is 13.8 Å². The minimum Gasteiger partial charge on any atom is -0.394 e. The summed E-state index contributed by atoms with van der Waals surface area (Å²) in [6.07, 6.45) is 0.136. The first-order valence-corrected chi connectivity index (χ1v) is 18.6. The van der Waals surface area contributed by atoms with E-state index >= 15 is 0 Å². The van der Waals surface area contributed by atoms with Gasteiger partial charge in [-0.15, -0.1) is 0 Å². The molecule has 2 heterocycles. The molecule has 19 nitrogen and oxygen atoms in total. The van der Waals surface area contributed by atoms with E-state index in [9.17, 15) is 48.4 Å². The number of ketones is 2. The highest BCUT2D eigenvalue weighted by Crippen LogP contribution is 2.46. The van der Waals surface area contributed by atoms with Crippen LogP contribution < -0.4 is 16.4 Å². The van der Waals surface area contributed by atoms with Gasteiger partial charge in [-0.25, -0.2) is 9.55 Å². The molecule has 52 heavy (non-hydrogen) atoms. The summed E-state index contributed by atoms with van der Waals surface area (Å²) < 4.78 is 22.1. The van der Waals surface area contributed by atoms with Gasteiger partial charge in [-0.3, -0.25) is 37.8 Å². The van der Waals surface area contributed by atoms with Gasteiger partial charge >= 0.3 is 7.82 Å². The molecule has 0 radical (unpaired) electrons. The Labute approximate surface area is 302 Å².